The fourth-order valence-electron chi connectivity index (χ4n) is 4.05. The zero-order valence-electron chi connectivity index (χ0n) is 15.2. The fraction of sp³-hybridized carbons (Fsp3) is 0.650. The SMILES string of the molecule is COc1ccc(C(CNC(=O)C2(O)CCCC2)N2CCCCC2)cc1. The van der Waals surface area contributed by atoms with Crippen molar-refractivity contribution in [3.05, 3.63) is 29.8 Å². The molecule has 1 aromatic rings. The molecule has 1 atom stereocenters. The molecule has 2 aliphatic rings. The summed E-state index contributed by atoms with van der Waals surface area (Å²) < 4.78 is 5.26. The molecule has 1 saturated heterocycles. The summed E-state index contributed by atoms with van der Waals surface area (Å²) in [7, 11) is 1.67. The summed E-state index contributed by atoms with van der Waals surface area (Å²) in [5, 5.41) is 13.5. The first-order valence-electron chi connectivity index (χ1n) is 9.51. The summed E-state index contributed by atoms with van der Waals surface area (Å²) in [6.07, 6.45) is 6.69. The number of benzene rings is 1. The number of carbonyl (C=O) groups excluding carboxylic acids is 1. The van der Waals surface area contributed by atoms with Gasteiger partial charge in [0.2, 0.25) is 0 Å². The van der Waals surface area contributed by atoms with Crippen molar-refractivity contribution in [1.29, 1.82) is 0 Å². The Labute approximate surface area is 150 Å². The van der Waals surface area contributed by atoms with Crippen LogP contribution in [-0.2, 0) is 4.79 Å². The standard InChI is InChI=1S/C20H30N2O3/c1-25-17-9-7-16(8-10-17)18(22-13-5-2-6-14-22)15-21-19(23)20(24)11-3-4-12-20/h7-10,18,24H,2-6,11-15H2,1H3,(H,21,23). The lowest BCUT2D eigenvalue weighted by Crippen LogP contribution is -2.48. The van der Waals surface area contributed by atoms with Gasteiger partial charge in [0.05, 0.1) is 13.2 Å². The normalized spacial score (nSPS) is 21.7. The summed E-state index contributed by atoms with van der Waals surface area (Å²) in [5.41, 5.74) is 0.0215. The number of carbonyl (C=O) groups is 1. The molecule has 1 unspecified atom stereocenters. The number of hydrogen-bond donors (Lipinski definition) is 2. The van der Waals surface area contributed by atoms with Crippen molar-refractivity contribution in [1.82, 2.24) is 10.2 Å². The number of aliphatic hydroxyl groups is 1. The Bertz CT molecular complexity index is 561. The topological polar surface area (TPSA) is 61.8 Å². The largest absolute Gasteiger partial charge is 0.497 e. The minimum absolute atomic E-state index is 0.139. The van der Waals surface area contributed by atoms with Gasteiger partial charge in [-0.15, -0.1) is 0 Å². The second-order valence-electron chi connectivity index (χ2n) is 7.33. The van der Waals surface area contributed by atoms with Crippen molar-refractivity contribution < 1.29 is 14.6 Å². The van der Waals surface area contributed by atoms with E-state index in [2.05, 4.69) is 22.3 Å². The minimum Gasteiger partial charge on any atom is -0.497 e. The Morgan fingerprint density at radius 2 is 1.80 bits per heavy atom. The average molecular weight is 346 g/mol. The number of hydrogen-bond acceptors (Lipinski definition) is 4. The Balaban J connectivity index is 1.70. The molecule has 2 N–H and O–H groups in total. The number of nitrogens with zero attached hydrogens (tertiary/aromatic N) is 1. The lowest BCUT2D eigenvalue weighted by Gasteiger charge is -2.35. The fourth-order valence-corrected chi connectivity index (χ4v) is 4.05. The van der Waals surface area contributed by atoms with E-state index in [1.807, 2.05) is 12.1 Å². The van der Waals surface area contributed by atoms with E-state index in [1.54, 1.807) is 7.11 Å². The summed E-state index contributed by atoms with van der Waals surface area (Å²) in [6, 6.07) is 8.24. The maximum atomic E-state index is 12.5. The Hall–Kier alpha value is -1.59. The number of methoxy groups -OCH3 is 1. The van der Waals surface area contributed by atoms with Crippen LogP contribution >= 0.6 is 0 Å². The molecule has 0 spiro atoms. The molecule has 1 saturated carbocycles. The van der Waals surface area contributed by atoms with Gasteiger partial charge in [0, 0.05) is 6.54 Å². The third-order valence-corrected chi connectivity index (χ3v) is 5.64. The summed E-state index contributed by atoms with van der Waals surface area (Å²) >= 11 is 0. The van der Waals surface area contributed by atoms with Crippen LogP contribution in [0, 0.1) is 0 Å². The molecule has 25 heavy (non-hydrogen) atoms. The van der Waals surface area contributed by atoms with Gasteiger partial charge in [0.25, 0.3) is 5.91 Å². The van der Waals surface area contributed by atoms with Gasteiger partial charge in [-0.25, -0.2) is 0 Å². The summed E-state index contributed by atoms with van der Waals surface area (Å²) in [4.78, 5) is 14.9. The molecule has 1 aliphatic heterocycles. The molecule has 1 aliphatic carbocycles. The molecular weight excluding hydrogens is 316 g/mol. The molecule has 1 aromatic carbocycles. The first-order valence-corrected chi connectivity index (χ1v) is 9.51. The Morgan fingerprint density at radius 3 is 2.40 bits per heavy atom. The van der Waals surface area contributed by atoms with Crippen molar-refractivity contribution in [3.63, 3.8) is 0 Å². The van der Waals surface area contributed by atoms with Crippen LogP contribution in [0.1, 0.15) is 56.6 Å². The van der Waals surface area contributed by atoms with E-state index in [0.29, 0.717) is 19.4 Å². The smallest absolute Gasteiger partial charge is 0.252 e. The number of ether oxygens (including phenoxy) is 1. The number of piperidine rings is 1. The molecule has 3 rings (SSSR count). The highest BCUT2D eigenvalue weighted by molar-refractivity contribution is 5.85. The van der Waals surface area contributed by atoms with Crippen LogP contribution < -0.4 is 10.1 Å². The van der Waals surface area contributed by atoms with Crippen LogP contribution in [-0.4, -0.2) is 48.3 Å². The minimum atomic E-state index is -1.16. The van der Waals surface area contributed by atoms with Gasteiger partial charge < -0.3 is 15.2 Å². The molecule has 5 nitrogen and oxygen atoms in total. The van der Waals surface area contributed by atoms with Gasteiger partial charge in [-0.2, -0.15) is 0 Å². The highest BCUT2D eigenvalue weighted by Crippen LogP contribution is 2.30. The average Bonchev–Trinajstić information content (AvgIpc) is 3.11. The second kappa shape index (κ2) is 8.19. The first kappa shape index (κ1) is 18.2. The van der Waals surface area contributed by atoms with Gasteiger partial charge >= 0.3 is 0 Å². The van der Waals surface area contributed by atoms with E-state index >= 15 is 0 Å². The molecule has 0 radical (unpaired) electrons. The molecule has 138 valence electrons. The highest BCUT2D eigenvalue weighted by atomic mass is 16.5. The van der Waals surface area contributed by atoms with Gasteiger partial charge in [0.15, 0.2) is 0 Å². The number of likely N-dealkylation sites (tertiary alicyclic amines) is 1. The van der Waals surface area contributed by atoms with Crippen LogP contribution in [0.5, 0.6) is 5.75 Å². The van der Waals surface area contributed by atoms with Gasteiger partial charge in [-0.1, -0.05) is 18.6 Å². The molecule has 2 fully saturated rings. The summed E-state index contributed by atoms with van der Waals surface area (Å²) in [6.45, 7) is 2.64. The number of nitrogens with one attached hydrogen (secondary N) is 1. The van der Waals surface area contributed by atoms with Crippen molar-refractivity contribution in [2.75, 3.05) is 26.7 Å². The van der Waals surface area contributed by atoms with E-state index < -0.39 is 5.60 Å². The molecule has 1 heterocycles. The molecule has 5 heteroatoms. The third kappa shape index (κ3) is 4.33. The summed E-state index contributed by atoms with van der Waals surface area (Å²) in [5.74, 6) is 0.631. The van der Waals surface area contributed by atoms with Crippen molar-refractivity contribution >= 4 is 5.91 Å². The van der Waals surface area contributed by atoms with Crippen LogP contribution in [0.25, 0.3) is 0 Å². The van der Waals surface area contributed by atoms with E-state index in [9.17, 15) is 9.90 Å². The number of rotatable bonds is 6. The monoisotopic (exact) mass is 346 g/mol. The van der Waals surface area contributed by atoms with Gasteiger partial charge in [-0.05, 0) is 69.3 Å². The van der Waals surface area contributed by atoms with Crippen molar-refractivity contribution in [2.45, 2.75) is 56.6 Å². The lowest BCUT2D eigenvalue weighted by atomic mass is 9.99. The van der Waals surface area contributed by atoms with Gasteiger partial charge in [-0.3, -0.25) is 9.69 Å². The second-order valence-corrected chi connectivity index (χ2v) is 7.33. The highest BCUT2D eigenvalue weighted by Gasteiger charge is 2.39. The Morgan fingerprint density at radius 1 is 1.16 bits per heavy atom. The number of amides is 1. The van der Waals surface area contributed by atoms with E-state index in [0.717, 1.165) is 31.7 Å². The Kier molecular flexibility index (Phi) is 5.97. The molecule has 0 aromatic heterocycles. The van der Waals surface area contributed by atoms with Crippen LogP contribution in [0.4, 0.5) is 0 Å². The van der Waals surface area contributed by atoms with Crippen molar-refractivity contribution in [3.8, 4) is 5.75 Å². The zero-order valence-corrected chi connectivity index (χ0v) is 15.2. The predicted molar refractivity (Wildman–Crippen MR) is 97.6 cm³/mol. The zero-order chi connectivity index (χ0) is 17.7. The van der Waals surface area contributed by atoms with Crippen LogP contribution in [0.15, 0.2) is 24.3 Å². The van der Waals surface area contributed by atoms with Gasteiger partial charge in [0.1, 0.15) is 11.4 Å². The predicted octanol–water partition coefficient (Wildman–Crippen LogP) is 2.64. The van der Waals surface area contributed by atoms with Crippen molar-refractivity contribution in [2.24, 2.45) is 0 Å². The van der Waals surface area contributed by atoms with E-state index in [-0.39, 0.29) is 11.9 Å². The van der Waals surface area contributed by atoms with E-state index in [4.69, 9.17) is 4.74 Å². The molecule has 1 amide bonds. The molecule has 0 bridgehead atoms. The lowest BCUT2D eigenvalue weighted by molar-refractivity contribution is -0.139. The van der Waals surface area contributed by atoms with Crippen LogP contribution in [0.3, 0.4) is 0 Å². The molecular formula is C20H30N2O3. The maximum Gasteiger partial charge on any atom is 0.252 e. The third-order valence-electron chi connectivity index (χ3n) is 5.64. The first-order chi connectivity index (χ1) is 12.1. The van der Waals surface area contributed by atoms with Crippen LogP contribution in [0.2, 0.25) is 0 Å². The van der Waals surface area contributed by atoms with E-state index in [1.165, 1.54) is 24.8 Å². The quantitative estimate of drug-likeness (QED) is 0.831. The maximum absolute atomic E-state index is 12.5.